The van der Waals surface area contributed by atoms with Gasteiger partial charge in [-0.3, -0.25) is 0 Å². The molecule has 0 aliphatic rings. The van der Waals surface area contributed by atoms with Crippen LogP contribution in [0.2, 0.25) is 0 Å². The Morgan fingerprint density at radius 1 is 1.10 bits per heavy atom. The summed E-state index contributed by atoms with van der Waals surface area (Å²) in [5, 5.41) is 7.87. The van der Waals surface area contributed by atoms with Crippen LogP contribution in [0, 0.1) is 19.7 Å². The van der Waals surface area contributed by atoms with Crippen molar-refractivity contribution in [3.8, 4) is 22.9 Å². The molecule has 0 radical (unpaired) electrons. The molecule has 9 heteroatoms. The molecule has 2 aromatic carbocycles. The van der Waals surface area contributed by atoms with Gasteiger partial charge in [0.05, 0.1) is 18.5 Å². The molecule has 0 spiro atoms. The van der Waals surface area contributed by atoms with E-state index in [2.05, 4.69) is 15.3 Å². The van der Waals surface area contributed by atoms with Crippen molar-refractivity contribution in [2.24, 2.45) is 0 Å². The highest BCUT2D eigenvalue weighted by molar-refractivity contribution is 5.88. The molecule has 0 amide bonds. The van der Waals surface area contributed by atoms with Crippen LogP contribution in [0.25, 0.3) is 17.1 Å². The average molecular weight is 422 g/mol. The van der Waals surface area contributed by atoms with Crippen LogP contribution in [-0.2, 0) is 11.3 Å². The number of ether oxygens (including phenoxy) is 2. The number of oxazole rings is 1. The first-order valence-electron chi connectivity index (χ1n) is 9.42. The maximum atomic E-state index is 13.1. The highest BCUT2D eigenvalue weighted by Crippen LogP contribution is 2.24. The second-order valence-corrected chi connectivity index (χ2v) is 6.74. The molecule has 8 nitrogen and oxygen atoms in total. The van der Waals surface area contributed by atoms with Gasteiger partial charge in [0, 0.05) is 5.56 Å². The van der Waals surface area contributed by atoms with Crippen LogP contribution in [0.15, 0.2) is 52.9 Å². The Morgan fingerprint density at radius 3 is 2.48 bits per heavy atom. The van der Waals surface area contributed by atoms with E-state index in [0.717, 1.165) is 11.3 Å². The molecule has 0 N–H and O–H groups in total. The molecular formula is C22H19FN4O4. The summed E-state index contributed by atoms with van der Waals surface area (Å²) in [7, 11) is 1.59. The van der Waals surface area contributed by atoms with Crippen molar-refractivity contribution in [2.75, 3.05) is 7.11 Å². The van der Waals surface area contributed by atoms with Crippen molar-refractivity contribution >= 4 is 5.97 Å². The number of aryl methyl sites for hydroxylation is 1. The lowest BCUT2D eigenvalue weighted by molar-refractivity contribution is 0.0459. The van der Waals surface area contributed by atoms with Gasteiger partial charge < -0.3 is 13.9 Å². The number of hydrogen-bond donors (Lipinski definition) is 0. The Kier molecular flexibility index (Phi) is 5.48. The number of rotatable bonds is 6. The van der Waals surface area contributed by atoms with Gasteiger partial charge in [0.25, 0.3) is 0 Å². The standard InChI is InChI=1S/C22H19FN4O4/c1-13-20(25-26-27(13)17-8-6-16(23)7-9-17)22(28)30-12-19-14(2)31-21(24-19)15-4-10-18(29-3)11-5-15/h4-11H,12H2,1-3H3. The molecule has 0 aliphatic heterocycles. The number of benzene rings is 2. The van der Waals surface area contributed by atoms with Gasteiger partial charge in [-0.05, 0) is 62.4 Å². The maximum absolute atomic E-state index is 13.1. The first-order chi connectivity index (χ1) is 15.0. The van der Waals surface area contributed by atoms with Crippen molar-refractivity contribution in [3.63, 3.8) is 0 Å². The van der Waals surface area contributed by atoms with Crippen LogP contribution in [0.3, 0.4) is 0 Å². The van der Waals surface area contributed by atoms with Gasteiger partial charge in [-0.1, -0.05) is 5.21 Å². The van der Waals surface area contributed by atoms with E-state index in [1.54, 1.807) is 33.1 Å². The zero-order valence-corrected chi connectivity index (χ0v) is 17.1. The van der Waals surface area contributed by atoms with Gasteiger partial charge in [-0.25, -0.2) is 18.9 Å². The predicted octanol–water partition coefficient (Wildman–Crippen LogP) is 4.04. The third-order valence-corrected chi connectivity index (χ3v) is 4.73. The average Bonchev–Trinajstić information content (AvgIpc) is 3.35. The minimum absolute atomic E-state index is 0.0702. The minimum Gasteiger partial charge on any atom is -0.497 e. The first-order valence-corrected chi connectivity index (χ1v) is 9.42. The number of nitrogens with zero attached hydrogens (tertiary/aromatic N) is 4. The Bertz CT molecular complexity index is 1210. The Hall–Kier alpha value is -4.01. The predicted molar refractivity (Wildman–Crippen MR) is 108 cm³/mol. The van der Waals surface area contributed by atoms with Gasteiger partial charge in [-0.15, -0.1) is 5.10 Å². The van der Waals surface area contributed by atoms with E-state index in [1.807, 2.05) is 24.3 Å². The highest BCUT2D eigenvalue weighted by Gasteiger charge is 2.20. The fourth-order valence-corrected chi connectivity index (χ4v) is 2.97. The summed E-state index contributed by atoms with van der Waals surface area (Å²) < 4.78 is 30.8. The van der Waals surface area contributed by atoms with Gasteiger partial charge in [0.15, 0.2) is 5.69 Å². The summed E-state index contributed by atoms with van der Waals surface area (Å²) in [4.78, 5) is 16.9. The number of halogens is 1. The van der Waals surface area contributed by atoms with E-state index < -0.39 is 5.97 Å². The smallest absolute Gasteiger partial charge is 0.361 e. The molecule has 4 aromatic rings. The molecule has 0 saturated carbocycles. The number of aromatic nitrogens is 4. The molecular weight excluding hydrogens is 403 g/mol. The second kappa shape index (κ2) is 8.39. The van der Waals surface area contributed by atoms with Crippen molar-refractivity contribution in [1.29, 1.82) is 0 Å². The quantitative estimate of drug-likeness (QED) is 0.433. The number of hydrogen-bond acceptors (Lipinski definition) is 7. The Morgan fingerprint density at radius 2 is 1.81 bits per heavy atom. The fraction of sp³-hybridized carbons (Fsp3) is 0.182. The molecule has 2 aromatic heterocycles. The zero-order chi connectivity index (χ0) is 22.0. The van der Waals surface area contributed by atoms with Gasteiger partial charge in [-0.2, -0.15) is 0 Å². The van der Waals surface area contributed by atoms with Crippen LogP contribution < -0.4 is 4.74 Å². The van der Waals surface area contributed by atoms with Crippen molar-refractivity contribution in [3.05, 3.63) is 77.2 Å². The van der Waals surface area contributed by atoms with Gasteiger partial charge in [0.2, 0.25) is 5.89 Å². The molecule has 31 heavy (non-hydrogen) atoms. The molecule has 0 fully saturated rings. The van der Waals surface area contributed by atoms with Crippen molar-refractivity contribution in [1.82, 2.24) is 20.0 Å². The van der Waals surface area contributed by atoms with Crippen LogP contribution in [0.5, 0.6) is 5.75 Å². The van der Waals surface area contributed by atoms with E-state index in [-0.39, 0.29) is 18.1 Å². The first kappa shape index (κ1) is 20.3. The van der Waals surface area contributed by atoms with E-state index >= 15 is 0 Å². The Balaban J connectivity index is 1.47. The van der Waals surface area contributed by atoms with Crippen LogP contribution in [0.1, 0.15) is 27.6 Å². The molecule has 0 saturated heterocycles. The third-order valence-electron chi connectivity index (χ3n) is 4.73. The van der Waals surface area contributed by atoms with Crippen molar-refractivity contribution < 1.29 is 23.1 Å². The lowest BCUT2D eigenvalue weighted by Crippen LogP contribution is -2.09. The molecule has 0 atom stereocenters. The molecule has 0 bridgehead atoms. The molecule has 2 heterocycles. The monoisotopic (exact) mass is 422 g/mol. The molecule has 4 rings (SSSR count). The SMILES string of the molecule is COc1ccc(-c2nc(COC(=O)c3nnn(-c4ccc(F)cc4)c3C)c(C)o2)cc1. The maximum Gasteiger partial charge on any atom is 0.361 e. The van der Waals surface area contributed by atoms with E-state index in [9.17, 15) is 9.18 Å². The molecule has 0 unspecified atom stereocenters. The highest BCUT2D eigenvalue weighted by atomic mass is 19.1. The summed E-state index contributed by atoms with van der Waals surface area (Å²) in [5.41, 5.74) is 2.41. The zero-order valence-electron chi connectivity index (χ0n) is 17.1. The third kappa shape index (κ3) is 4.16. The summed E-state index contributed by atoms with van der Waals surface area (Å²) in [6.07, 6.45) is 0. The lowest BCUT2D eigenvalue weighted by Gasteiger charge is -2.04. The molecule has 0 aliphatic carbocycles. The number of esters is 1. The number of methoxy groups -OCH3 is 1. The van der Waals surface area contributed by atoms with Gasteiger partial charge in [0.1, 0.15) is 29.6 Å². The van der Waals surface area contributed by atoms with Gasteiger partial charge >= 0.3 is 5.97 Å². The number of carbonyl (C=O) groups excluding carboxylic acids is 1. The fourth-order valence-electron chi connectivity index (χ4n) is 2.97. The largest absolute Gasteiger partial charge is 0.497 e. The lowest BCUT2D eigenvalue weighted by atomic mass is 10.2. The van der Waals surface area contributed by atoms with Crippen LogP contribution in [-0.4, -0.2) is 33.1 Å². The number of carbonyl (C=O) groups is 1. The summed E-state index contributed by atoms with van der Waals surface area (Å²) >= 11 is 0. The summed E-state index contributed by atoms with van der Waals surface area (Å²) in [6, 6.07) is 13.0. The van der Waals surface area contributed by atoms with E-state index in [1.165, 1.54) is 16.8 Å². The summed E-state index contributed by atoms with van der Waals surface area (Å²) in [5.74, 6) is 0.692. The topological polar surface area (TPSA) is 92.3 Å². The van der Waals surface area contributed by atoms with E-state index in [4.69, 9.17) is 13.9 Å². The summed E-state index contributed by atoms with van der Waals surface area (Å²) in [6.45, 7) is 3.36. The van der Waals surface area contributed by atoms with Crippen molar-refractivity contribution in [2.45, 2.75) is 20.5 Å². The Labute approximate surface area is 177 Å². The van der Waals surface area contributed by atoms with Crippen LogP contribution >= 0.6 is 0 Å². The van der Waals surface area contributed by atoms with Crippen LogP contribution in [0.4, 0.5) is 4.39 Å². The normalized spacial score (nSPS) is 10.8. The minimum atomic E-state index is -0.640. The van der Waals surface area contributed by atoms with E-state index in [0.29, 0.717) is 28.7 Å². The second-order valence-electron chi connectivity index (χ2n) is 6.74. The molecule has 158 valence electrons.